The molecule has 3 aromatic carbocycles. The van der Waals surface area contributed by atoms with Gasteiger partial charge in [-0.25, -0.2) is 12.8 Å². The Morgan fingerprint density at radius 1 is 0.815 bits per heavy atom. The number of amides is 1. The second-order valence-electron chi connectivity index (χ2n) is 6.01. The van der Waals surface area contributed by atoms with Gasteiger partial charge in [-0.05, 0) is 47.5 Å². The first-order valence-electron chi connectivity index (χ1n) is 8.38. The van der Waals surface area contributed by atoms with Crippen molar-refractivity contribution in [1.82, 2.24) is 0 Å². The third kappa shape index (κ3) is 5.01. The molecule has 0 saturated carbocycles. The van der Waals surface area contributed by atoms with Crippen LogP contribution in [0.2, 0.25) is 0 Å². The van der Waals surface area contributed by atoms with Crippen molar-refractivity contribution in [3.8, 4) is 11.1 Å². The average Bonchev–Trinajstić information content (AvgIpc) is 2.68. The van der Waals surface area contributed by atoms with E-state index in [9.17, 15) is 17.6 Å². The summed E-state index contributed by atoms with van der Waals surface area (Å²) < 4.78 is 37.3. The maximum absolute atomic E-state index is 12.9. The quantitative estimate of drug-likeness (QED) is 0.646. The molecule has 0 unspecified atom stereocenters. The van der Waals surface area contributed by atoms with E-state index in [-0.39, 0.29) is 17.1 Å². The summed E-state index contributed by atoms with van der Waals surface area (Å²) in [5.74, 6) is -1.24. The topological polar surface area (TPSA) is 63.2 Å². The second-order valence-corrected chi connectivity index (χ2v) is 8.12. The van der Waals surface area contributed by atoms with Crippen molar-refractivity contribution in [3.05, 3.63) is 84.7 Å². The van der Waals surface area contributed by atoms with Crippen LogP contribution in [0.3, 0.4) is 0 Å². The molecule has 6 heteroatoms. The van der Waals surface area contributed by atoms with Crippen LogP contribution in [0, 0.1) is 5.82 Å². The molecule has 138 valence electrons. The van der Waals surface area contributed by atoms with E-state index in [0.717, 1.165) is 23.3 Å². The van der Waals surface area contributed by atoms with Gasteiger partial charge in [0.2, 0.25) is 5.91 Å². The molecule has 0 aliphatic rings. The molecule has 1 N–H and O–H groups in total. The van der Waals surface area contributed by atoms with Gasteiger partial charge in [0, 0.05) is 12.1 Å². The molecular formula is C21H18FNO3S. The van der Waals surface area contributed by atoms with Crippen molar-refractivity contribution in [3.63, 3.8) is 0 Å². The highest BCUT2D eigenvalue weighted by Gasteiger charge is 2.16. The summed E-state index contributed by atoms with van der Waals surface area (Å²) in [6.45, 7) is 0. The maximum Gasteiger partial charge on any atom is 0.225 e. The summed E-state index contributed by atoms with van der Waals surface area (Å²) in [6, 6.07) is 21.7. The molecule has 3 aromatic rings. The van der Waals surface area contributed by atoms with Gasteiger partial charge in [0.1, 0.15) is 5.82 Å². The summed E-state index contributed by atoms with van der Waals surface area (Å²) in [6.07, 6.45) is -0.180. The van der Waals surface area contributed by atoms with Crippen molar-refractivity contribution in [2.45, 2.75) is 11.3 Å². The van der Waals surface area contributed by atoms with Gasteiger partial charge in [0.15, 0.2) is 9.84 Å². The fraction of sp³-hybridized carbons (Fsp3) is 0.0952. The number of sulfone groups is 1. The van der Waals surface area contributed by atoms with Gasteiger partial charge in [-0.1, -0.05) is 42.5 Å². The molecule has 0 fully saturated rings. The highest BCUT2D eigenvalue weighted by molar-refractivity contribution is 7.91. The zero-order valence-electron chi connectivity index (χ0n) is 14.4. The predicted octanol–water partition coefficient (Wildman–Crippen LogP) is 4.30. The van der Waals surface area contributed by atoms with Gasteiger partial charge in [-0.3, -0.25) is 4.79 Å². The first-order chi connectivity index (χ1) is 12.9. The molecule has 0 aliphatic heterocycles. The van der Waals surface area contributed by atoms with Crippen molar-refractivity contribution < 1.29 is 17.6 Å². The minimum absolute atomic E-state index is 0.00362. The van der Waals surface area contributed by atoms with Gasteiger partial charge in [0.25, 0.3) is 0 Å². The molecule has 0 bridgehead atoms. The standard InChI is InChI=1S/C21H18FNO3S/c22-18-8-12-20(13-9-18)27(25,26)15-14-21(24)23-19-10-6-17(7-11-19)16-4-2-1-3-5-16/h1-13H,14-15H2,(H,23,24). The number of carbonyl (C=O) groups is 1. The van der Waals surface area contributed by atoms with Crippen molar-refractivity contribution in [2.24, 2.45) is 0 Å². The van der Waals surface area contributed by atoms with E-state index in [2.05, 4.69) is 5.32 Å². The van der Waals surface area contributed by atoms with Crippen LogP contribution in [-0.2, 0) is 14.6 Å². The Balaban J connectivity index is 1.58. The highest BCUT2D eigenvalue weighted by Crippen LogP contribution is 2.21. The number of hydrogen-bond acceptors (Lipinski definition) is 3. The number of hydrogen-bond donors (Lipinski definition) is 1. The van der Waals surface area contributed by atoms with E-state index < -0.39 is 21.6 Å². The molecule has 27 heavy (non-hydrogen) atoms. The fourth-order valence-electron chi connectivity index (χ4n) is 2.59. The molecule has 4 nitrogen and oxygen atoms in total. The van der Waals surface area contributed by atoms with Gasteiger partial charge in [-0.15, -0.1) is 0 Å². The average molecular weight is 383 g/mol. The van der Waals surface area contributed by atoms with Crippen LogP contribution in [0.25, 0.3) is 11.1 Å². The lowest BCUT2D eigenvalue weighted by molar-refractivity contribution is -0.115. The van der Waals surface area contributed by atoms with Crippen molar-refractivity contribution in [2.75, 3.05) is 11.1 Å². The molecular weight excluding hydrogens is 365 g/mol. The number of carbonyl (C=O) groups excluding carboxylic acids is 1. The Morgan fingerprint density at radius 3 is 2.04 bits per heavy atom. The van der Waals surface area contributed by atoms with Crippen LogP contribution in [0.5, 0.6) is 0 Å². The molecule has 0 saturated heterocycles. The molecule has 1 amide bonds. The van der Waals surface area contributed by atoms with Crippen LogP contribution >= 0.6 is 0 Å². The van der Waals surface area contributed by atoms with E-state index in [4.69, 9.17) is 0 Å². The van der Waals surface area contributed by atoms with Gasteiger partial charge in [-0.2, -0.15) is 0 Å². The number of anilines is 1. The first kappa shape index (κ1) is 18.8. The van der Waals surface area contributed by atoms with E-state index in [0.29, 0.717) is 5.69 Å². The van der Waals surface area contributed by atoms with E-state index >= 15 is 0 Å². The molecule has 0 heterocycles. The molecule has 0 aliphatic carbocycles. The van der Waals surface area contributed by atoms with Crippen LogP contribution < -0.4 is 5.32 Å². The summed E-state index contributed by atoms with van der Waals surface area (Å²) >= 11 is 0. The van der Waals surface area contributed by atoms with Crippen LogP contribution in [0.1, 0.15) is 6.42 Å². The minimum atomic E-state index is -3.63. The largest absolute Gasteiger partial charge is 0.326 e. The number of benzene rings is 3. The summed E-state index contributed by atoms with van der Waals surface area (Å²) in [5, 5.41) is 2.69. The van der Waals surface area contributed by atoms with Gasteiger partial charge >= 0.3 is 0 Å². The third-order valence-electron chi connectivity index (χ3n) is 4.05. The summed E-state index contributed by atoms with van der Waals surface area (Å²) in [4.78, 5) is 12.1. The highest BCUT2D eigenvalue weighted by atomic mass is 32.2. The summed E-state index contributed by atoms with van der Waals surface area (Å²) in [5.41, 5.74) is 2.69. The maximum atomic E-state index is 12.9. The van der Waals surface area contributed by atoms with Gasteiger partial charge in [0.05, 0.1) is 10.6 Å². The van der Waals surface area contributed by atoms with E-state index in [1.165, 1.54) is 12.1 Å². The second kappa shape index (κ2) is 8.14. The van der Waals surface area contributed by atoms with E-state index in [1.807, 2.05) is 42.5 Å². The predicted molar refractivity (Wildman–Crippen MR) is 104 cm³/mol. The zero-order chi connectivity index (χ0) is 19.3. The molecule has 0 atom stereocenters. The lowest BCUT2D eigenvalue weighted by Gasteiger charge is -2.08. The SMILES string of the molecule is O=C(CCS(=O)(=O)c1ccc(F)cc1)Nc1ccc(-c2ccccc2)cc1. The summed E-state index contributed by atoms with van der Waals surface area (Å²) in [7, 11) is -3.63. The van der Waals surface area contributed by atoms with Crippen LogP contribution in [-0.4, -0.2) is 20.1 Å². The van der Waals surface area contributed by atoms with Crippen LogP contribution in [0.15, 0.2) is 83.8 Å². The Bertz CT molecular complexity index is 1020. The number of nitrogens with one attached hydrogen (secondary N) is 1. The Kier molecular flexibility index (Phi) is 5.66. The lowest BCUT2D eigenvalue weighted by Crippen LogP contribution is -2.17. The monoisotopic (exact) mass is 383 g/mol. The lowest BCUT2D eigenvalue weighted by atomic mass is 10.1. The fourth-order valence-corrected chi connectivity index (χ4v) is 3.83. The third-order valence-corrected chi connectivity index (χ3v) is 5.78. The number of rotatable bonds is 6. The molecule has 0 aromatic heterocycles. The Morgan fingerprint density at radius 2 is 1.41 bits per heavy atom. The van der Waals surface area contributed by atoms with E-state index in [1.54, 1.807) is 12.1 Å². The van der Waals surface area contributed by atoms with Gasteiger partial charge < -0.3 is 5.32 Å². The molecule has 0 radical (unpaired) electrons. The minimum Gasteiger partial charge on any atom is -0.326 e. The van der Waals surface area contributed by atoms with Crippen LogP contribution in [0.4, 0.5) is 10.1 Å². The normalized spacial score (nSPS) is 11.1. The molecule has 0 spiro atoms. The Labute approximate surface area is 157 Å². The van der Waals surface area contributed by atoms with Crippen molar-refractivity contribution in [1.29, 1.82) is 0 Å². The Hall–Kier alpha value is -2.99. The first-order valence-corrected chi connectivity index (χ1v) is 10.0. The number of halogens is 1. The molecule has 3 rings (SSSR count). The van der Waals surface area contributed by atoms with Crippen molar-refractivity contribution >= 4 is 21.4 Å². The zero-order valence-corrected chi connectivity index (χ0v) is 15.2. The smallest absolute Gasteiger partial charge is 0.225 e.